The highest BCUT2D eigenvalue weighted by Gasteiger charge is 2.59. The number of carboxylic acid groups (broad SMARTS) is 1. The lowest BCUT2D eigenvalue weighted by Gasteiger charge is -2.32. The van der Waals surface area contributed by atoms with Crippen molar-refractivity contribution in [3.63, 3.8) is 0 Å². The molecule has 0 radical (unpaired) electrons. The lowest BCUT2D eigenvalue weighted by Crippen LogP contribution is -2.51. The number of nitrogens with one attached hydrogen (secondary N) is 1. The molecule has 0 saturated carbocycles. The number of aliphatic carboxylic acids is 1. The first-order valence-corrected chi connectivity index (χ1v) is 13.0. The molecule has 4 amide bonds. The molecule has 3 aromatic rings. The summed E-state index contributed by atoms with van der Waals surface area (Å²) in [6, 6.07) is 5.50. The van der Waals surface area contributed by atoms with Crippen LogP contribution in [-0.2, 0) is 33.0 Å². The van der Waals surface area contributed by atoms with Gasteiger partial charge in [-0.3, -0.25) is 24.0 Å². The van der Waals surface area contributed by atoms with Crippen LogP contribution in [0.1, 0.15) is 36.2 Å². The number of hydrogen-bond donors (Lipinski definition) is 2. The number of carboxylic acids is 1. The number of halogens is 5. The van der Waals surface area contributed by atoms with Crippen LogP contribution < -0.4 is 5.32 Å². The molecule has 226 valence electrons. The maximum atomic E-state index is 15.4. The van der Waals surface area contributed by atoms with Crippen LogP contribution in [-0.4, -0.2) is 67.3 Å². The summed E-state index contributed by atoms with van der Waals surface area (Å²) in [5.74, 6) is -3.92. The van der Waals surface area contributed by atoms with Crippen LogP contribution in [0.15, 0.2) is 54.9 Å². The summed E-state index contributed by atoms with van der Waals surface area (Å²) < 4.78 is 70.9. The molecule has 1 fully saturated rings. The fraction of sp³-hybridized carbons (Fsp3) is 0.321. The molecule has 10 nitrogen and oxygen atoms in total. The van der Waals surface area contributed by atoms with Crippen LogP contribution in [0.25, 0.3) is 11.1 Å². The number of nitrogens with zero attached hydrogens (tertiary/aromatic N) is 4. The van der Waals surface area contributed by atoms with Gasteiger partial charge < -0.3 is 15.3 Å². The standard InChI is InChI=1S/C28H24F5N5O5/c1-15(28(31,32)33)37(11-16-2-5-19(29)6-3-16)23(39)13-38-25(42)27(35-26(38)43)9-22(30)20-8-17(4-7-21(20)27)18-10-34-36(12-18)14-24(40)41/h2-8,10,12,15,22H,9,11,13-14H2,1H3,(H,35,43)(H,40,41)/t15-,22+,27-/m0/s1. The number of rotatable bonds is 8. The molecule has 1 saturated heterocycles. The molecule has 2 aromatic carbocycles. The summed E-state index contributed by atoms with van der Waals surface area (Å²) in [5, 5.41) is 15.3. The van der Waals surface area contributed by atoms with E-state index in [1.807, 2.05) is 0 Å². The van der Waals surface area contributed by atoms with Crippen molar-refractivity contribution in [2.75, 3.05) is 6.54 Å². The number of urea groups is 1. The van der Waals surface area contributed by atoms with Crippen molar-refractivity contribution in [1.29, 1.82) is 0 Å². The van der Waals surface area contributed by atoms with Gasteiger partial charge >= 0.3 is 18.2 Å². The Balaban J connectivity index is 1.39. The minimum absolute atomic E-state index is 0.0777. The second kappa shape index (κ2) is 10.8. The Morgan fingerprint density at radius 2 is 1.84 bits per heavy atom. The largest absolute Gasteiger partial charge is 0.480 e. The van der Waals surface area contributed by atoms with E-state index in [4.69, 9.17) is 5.11 Å². The highest BCUT2D eigenvalue weighted by atomic mass is 19.4. The third kappa shape index (κ3) is 5.53. The summed E-state index contributed by atoms with van der Waals surface area (Å²) in [6.07, 6.45) is -4.23. The minimum atomic E-state index is -4.85. The Morgan fingerprint density at radius 3 is 2.49 bits per heavy atom. The van der Waals surface area contributed by atoms with Gasteiger partial charge in [-0.1, -0.05) is 24.3 Å². The summed E-state index contributed by atoms with van der Waals surface area (Å²) >= 11 is 0. The molecule has 1 aromatic heterocycles. The number of carbonyl (C=O) groups is 4. The zero-order valence-electron chi connectivity index (χ0n) is 22.4. The quantitative estimate of drug-likeness (QED) is 0.297. The fourth-order valence-electron chi connectivity index (χ4n) is 5.34. The molecule has 2 N–H and O–H groups in total. The van der Waals surface area contributed by atoms with Gasteiger partial charge in [0, 0.05) is 24.7 Å². The van der Waals surface area contributed by atoms with Crippen LogP contribution in [0.5, 0.6) is 0 Å². The number of hydrogen-bond acceptors (Lipinski definition) is 5. The Bertz CT molecular complexity index is 1610. The summed E-state index contributed by atoms with van der Waals surface area (Å²) in [7, 11) is 0. The molecule has 43 heavy (non-hydrogen) atoms. The number of amides is 4. The second-order valence-electron chi connectivity index (χ2n) is 10.4. The van der Waals surface area contributed by atoms with Gasteiger partial charge in [0.05, 0.1) is 6.20 Å². The van der Waals surface area contributed by atoms with Gasteiger partial charge in [0.15, 0.2) is 0 Å². The average Bonchev–Trinajstić information content (AvgIpc) is 3.58. The lowest BCUT2D eigenvalue weighted by molar-refractivity contribution is -0.187. The SMILES string of the molecule is C[C@H](N(Cc1ccc(F)cc1)C(=O)CN1C(=O)N[C@]2(C[C@@H](F)c3cc(-c4cnn(CC(=O)O)c4)ccc32)C1=O)C(F)(F)F. The molecule has 1 aliphatic heterocycles. The summed E-state index contributed by atoms with van der Waals surface area (Å²) in [6.45, 7) is -1.26. The smallest absolute Gasteiger partial charge is 0.408 e. The van der Waals surface area contributed by atoms with E-state index in [-0.39, 0.29) is 16.7 Å². The number of aromatic nitrogens is 2. The van der Waals surface area contributed by atoms with E-state index >= 15 is 4.39 Å². The molecule has 3 atom stereocenters. The van der Waals surface area contributed by atoms with Gasteiger partial charge in [-0.05, 0) is 47.4 Å². The van der Waals surface area contributed by atoms with E-state index in [1.54, 1.807) is 0 Å². The number of benzene rings is 2. The van der Waals surface area contributed by atoms with Crippen molar-refractivity contribution in [3.8, 4) is 11.1 Å². The van der Waals surface area contributed by atoms with Crippen molar-refractivity contribution in [2.24, 2.45) is 0 Å². The van der Waals surface area contributed by atoms with Crippen LogP contribution in [0.4, 0.5) is 26.7 Å². The van der Waals surface area contributed by atoms with E-state index in [2.05, 4.69) is 10.4 Å². The van der Waals surface area contributed by atoms with E-state index in [0.29, 0.717) is 20.9 Å². The van der Waals surface area contributed by atoms with Crippen molar-refractivity contribution < 1.29 is 46.2 Å². The molecule has 2 aliphatic rings. The maximum absolute atomic E-state index is 15.4. The fourth-order valence-corrected chi connectivity index (χ4v) is 5.34. The Morgan fingerprint density at radius 1 is 1.14 bits per heavy atom. The third-order valence-corrected chi connectivity index (χ3v) is 7.59. The first kappa shape index (κ1) is 29.7. The van der Waals surface area contributed by atoms with Crippen molar-refractivity contribution >= 4 is 23.8 Å². The molecule has 15 heteroatoms. The van der Waals surface area contributed by atoms with Crippen LogP contribution in [0.2, 0.25) is 0 Å². The van der Waals surface area contributed by atoms with E-state index < -0.39 is 79.6 Å². The van der Waals surface area contributed by atoms with Gasteiger partial charge in [-0.2, -0.15) is 18.3 Å². The van der Waals surface area contributed by atoms with Crippen molar-refractivity contribution in [1.82, 2.24) is 24.9 Å². The van der Waals surface area contributed by atoms with Gasteiger partial charge in [-0.15, -0.1) is 0 Å². The monoisotopic (exact) mass is 605 g/mol. The zero-order chi connectivity index (χ0) is 31.3. The highest BCUT2D eigenvalue weighted by Crippen LogP contribution is 2.49. The number of alkyl halides is 4. The minimum Gasteiger partial charge on any atom is -0.480 e. The first-order valence-electron chi connectivity index (χ1n) is 13.0. The molecule has 0 unspecified atom stereocenters. The third-order valence-electron chi connectivity index (χ3n) is 7.59. The summed E-state index contributed by atoms with van der Waals surface area (Å²) in [5.41, 5.74) is -0.539. The Labute approximate surface area is 240 Å². The topological polar surface area (TPSA) is 125 Å². The van der Waals surface area contributed by atoms with Crippen molar-refractivity contribution in [2.45, 2.75) is 50.4 Å². The lowest BCUT2D eigenvalue weighted by atomic mass is 9.90. The molecular formula is C28H24F5N5O5. The van der Waals surface area contributed by atoms with Gasteiger partial charge in [0.2, 0.25) is 5.91 Å². The molecular weight excluding hydrogens is 581 g/mol. The van der Waals surface area contributed by atoms with Gasteiger partial charge in [0.1, 0.15) is 36.7 Å². The molecule has 5 rings (SSSR count). The molecule has 0 bridgehead atoms. The van der Waals surface area contributed by atoms with Crippen molar-refractivity contribution in [3.05, 3.63) is 77.4 Å². The van der Waals surface area contributed by atoms with Gasteiger partial charge in [-0.25, -0.2) is 13.6 Å². The first-order chi connectivity index (χ1) is 20.2. The maximum Gasteiger partial charge on any atom is 0.408 e. The Kier molecular flexibility index (Phi) is 7.44. The normalized spacial score (nSPS) is 20.3. The molecule has 1 aliphatic carbocycles. The predicted molar refractivity (Wildman–Crippen MR) is 138 cm³/mol. The molecule has 1 spiro atoms. The molecule has 2 heterocycles. The Hall–Kier alpha value is -4.82. The van der Waals surface area contributed by atoms with Gasteiger partial charge in [0.25, 0.3) is 5.91 Å². The van der Waals surface area contributed by atoms with Crippen LogP contribution in [0, 0.1) is 5.82 Å². The van der Waals surface area contributed by atoms with E-state index in [1.165, 1.54) is 47.4 Å². The van der Waals surface area contributed by atoms with E-state index in [9.17, 15) is 36.7 Å². The average molecular weight is 606 g/mol. The summed E-state index contributed by atoms with van der Waals surface area (Å²) in [4.78, 5) is 51.6. The predicted octanol–water partition coefficient (Wildman–Crippen LogP) is 3.91. The second-order valence-corrected chi connectivity index (χ2v) is 10.4. The van der Waals surface area contributed by atoms with E-state index in [0.717, 1.165) is 19.1 Å². The van der Waals surface area contributed by atoms with Crippen LogP contribution >= 0.6 is 0 Å². The number of carbonyl (C=O) groups excluding carboxylic acids is 3. The highest BCUT2D eigenvalue weighted by molar-refractivity contribution is 6.10. The number of fused-ring (bicyclic) bond motifs is 2. The van der Waals surface area contributed by atoms with Crippen LogP contribution in [0.3, 0.4) is 0 Å². The zero-order valence-corrected chi connectivity index (χ0v) is 22.4. The number of imide groups is 1.